The molecular weight excluding hydrogens is 319 g/mol. The van der Waals surface area contributed by atoms with E-state index in [-0.39, 0.29) is 18.4 Å². The molecule has 0 radical (unpaired) electrons. The van der Waals surface area contributed by atoms with E-state index in [0.717, 1.165) is 18.4 Å². The smallest absolute Gasteiger partial charge is 0.340 e. The first kappa shape index (κ1) is 17.3. The number of aromatic nitrogens is 2. The van der Waals surface area contributed by atoms with Crippen molar-refractivity contribution in [2.24, 2.45) is 11.8 Å². The van der Waals surface area contributed by atoms with Gasteiger partial charge in [0.15, 0.2) is 0 Å². The van der Waals surface area contributed by atoms with Crippen LogP contribution in [0, 0.1) is 18.8 Å². The maximum absolute atomic E-state index is 13.3. The first-order chi connectivity index (χ1) is 11.4. The molecule has 1 saturated heterocycles. The number of halogens is 3. The molecule has 24 heavy (non-hydrogen) atoms. The molecule has 2 heterocycles. The quantitative estimate of drug-likeness (QED) is 0.821. The molecule has 1 amide bonds. The molecule has 2 fully saturated rings. The van der Waals surface area contributed by atoms with Crippen LogP contribution in [0.4, 0.5) is 13.2 Å². The highest BCUT2D eigenvalue weighted by Crippen LogP contribution is 2.42. The number of hydrogen-bond donors (Lipinski definition) is 0. The van der Waals surface area contributed by atoms with Gasteiger partial charge in [0.1, 0.15) is 0 Å². The van der Waals surface area contributed by atoms with Gasteiger partial charge in [0.25, 0.3) is 0 Å². The summed E-state index contributed by atoms with van der Waals surface area (Å²) in [5, 5.41) is 4.30. The van der Waals surface area contributed by atoms with E-state index in [9.17, 15) is 18.0 Å². The van der Waals surface area contributed by atoms with Gasteiger partial charge in [0, 0.05) is 25.2 Å². The average molecular weight is 343 g/mol. The van der Waals surface area contributed by atoms with Crippen LogP contribution < -0.4 is 0 Å². The lowest BCUT2D eigenvalue weighted by atomic mass is 9.77. The minimum Gasteiger partial charge on any atom is -0.340 e. The number of carbonyl (C=O) groups is 1. The summed E-state index contributed by atoms with van der Waals surface area (Å²) in [4.78, 5) is 14.4. The van der Waals surface area contributed by atoms with Crippen molar-refractivity contribution in [1.29, 1.82) is 0 Å². The van der Waals surface area contributed by atoms with Crippen LogP contribution in [0.3, 0.4) is 0 Å². The van der Waals surface area contributed by atoms with Crippen LogP contribution in [-0.4, -0.2) is 39.9 Å². The van der Waals surface area contributed by atoms with Crippen molar-refractivity contribution in [3.05, 3.63) is 18.0 Å². The molecule has 0 aromatic carbocycles. The molecule has 1 aliphatic carbocycles. The van der Waals surface area contributed by atoms with E-state index in [2.05, 4.69) is 5.10 Å². The Balaban J connectivity index is 1.71. The molecule has 0 bridgehead atoms. The maximum Gasteiger partial charge on any atom is 0.392 e. The summed E-state index contributed by atoms with van der Waals surface area (Å²) in [6.07, 6.45) is 2.81. The van der Waals surface area contributed by atoms with E-state index in [1.807, 2.05) is 17.8 Å². The van der Waals surface area contributed by atoms with Gasteiger partial charge >= 0.3 is 6.18 Å². The predicted molar refractivity (Wildman–Crippen MR) is 83.3 cm³/mol. The molecule has 134 valence electrons. The Morgan fingerprint density at radius 2 is 1.96 bits per heavy atom. The lowest BCUT2D eigenvalue weighted by Gasteiger charge is -2.39. The second-order valence-corrected chi connectivity index (χ2v) is 7.12. The fraction of sp³-hybridized carbons (Fsp3) is 0.765. The highest BCUT2D eigenvalue weighted by molar-refractivity contribution is 5.79. The van der Waals surface area contributed by atoms with Gasteiger partial charge in [-0.25, -0.2) is 0 Å². The van der Waals surface area contributed by atoms with Crippen molar-refractivity contribution in [2.45, 2.75) is 57.7 Å². The van der Waals surface area contributed by atoms with Crippen molar-refractivity contribution in [3.63, 3.8) is 0 Å². The molecule has 1 aliphatic heterocycles. The second kappa shape index (κ2) is 6.76. The monoisotopic (exact) mass is 343 g/mol. The maximum atomic E-state index is 13.3. The number of nitrogens with zero attached hydrogens (tertiary/aromatic N) is 3. The molecule has 0 N–H and O–H groups in total. The van der Waals surface area contributed by atoms with Crippen LogP contribution in [0.25, 0.3) is 0 Å². The summed E-state index contributed by atoms with van der Waals surface area (Å²) in [5.41, 5.74) is 1.04. The van der Waals surface area contributed by atoms with Crippen molar-refractivity contribution < 1.29 is 18.0 Å². The van der Waals surface area contributed by atoms with Gasteiger partial charge in [-0.05, 0) is 38.2 Å². The van der Waals surface area contributed by atoms with Crippen molar-refractivity contribution >= 4 is 5.91 Å². The number of piperidine rings is 1. The number of aryl methyl sites for hydroxylation is 1. The van der Waals surface area contributed by atoms with Crippen molar-refractivity contribution in [1.82, 2.24) is 14.7 Å². The van der Waals surface area contributed by atoms with E-state index in [1.165, 1.54) is 0 Å². The Labute approximate surface area is 140 Å². The van der Waals surface area contributed by atoms with Gasteiger partial charge in [-0.2, -0.15) is 18.3 Å². The molecular formula is C17H24F3N3O. The molecule has 3 rings (SSSR count). The van der Waals surface area contributed by atoms with E-state index in [4.69, 9.17) is 0 Å². The van der Waals surface area contributed by atoms with E-state index in [1.54, 1.807) is 11.1 Å². The molecule has 1 saturated carbocycles. The Morgan fingerprint density at radius 1 is 1.21 bits per heavy atom. The lowest BCUT2D eigenvalue weighted by molar-refractivity contribution is -0.201. The van der Waals surface area contributed by atoms with E-state index < -0.39 is 18.0 Å². The Morgan fingerprint density at radius 3 is 2.62 bits per heavy atom. The minimum absolute atomic E-state index is 0.0596. The van der Waals surface area contributed by atoms with Gasteiger partial charge in [-0.3, -0.25) is 9.48 Å². The van der Waals surface area contributed by atoms with Crippen LogP contribution in [0.2, 0.25) is 0 Å². The zero-order valence-corrected chi connectivity index (χ0v) is 13.9. The summed E-state index contributed by atoms with van der Waals surface area (Å²) >= 11 is 0. The SMILES string of the molecule is Cc1cnn([C@@H]2CCCN(C(=O)[C@H]3CCCC[C@@H]3C(F)(F)F)C2)c1. The van der Waals surface area contributed by atoms with E-state index >= 15 is 0 Å². The molecule has 1 aromatic heterocycles. The number of likely N-dealkylation sites (tertiary alicyclic amines) is 1. The first-order valence-corrected chi connectivity index (χ1v) is 8.72. The van der Waals surface area contributed by atoms with Gasteiger partial charge in [0.2, 0.25) is 5.91 Å². The highest BCUT2D eigenvalue weighted by Gasteiger charge is 2.49. The summed E-state index contributed by atoms with van der Waals surface area (Å²) in [7, 11) is 0. The molecule has 7 heteroatoms. The van der Waals surface area contributed by atoms with Gasteiger partial charge in [0.05, 0.1) is 18.2 Å². The van der Waals surface area contributed by atoms with Crippen LogP contribution in [-0.2, 0) is 4.79 Å². The summed E-state index contributed by atoms with van der Waals surface area (Å²) in [6.45, 7) is 2.96. The Kier molecular flexibility index (Phi) is 4.88. The lowest BCUT2D eigenvalue weighted by Crippen LogP contribution is -2.48. The van der Waals surface area contributed by atoms with Crippen LogP contribution in [0.5, 0.6) is 0 Å². The Bertz CT molecular complexity index is 584. The summed E-state index contributed by atoms with van der Waals surface area (Å²) < 4.78 is 41.7. The number of alkyl halides is 3. The standard InChI is InChI=1S/C17H24F3N3O/c1-12-9-21-23(10-12)13-5-4-8-22(11-13)16(24)14-6-2-3-7-15(14)17(18,19)20/h9-10,13-15H,2-8,11H2,1H3/t13-,14+,15+/m1/s1. The third kappa shape index (κ3) is 3.59. The predicted octanol–water partition coefficient (Wildman–Crippen LogP) is 3.72. The Hall–Kier alpha value is -1.53. The minimum atomic E-state index is -4.28. The third-order valence-corrected chi connectivity index (χ3v) is 5.32. The molecule has 0 unspecified atom stereocenters. The topological polar surface area (TPSA) is 38.1 Å². The molecule has 0 spiro atoms. The average Bonchev–Trinajstić information content (AvgIpc) is 3.00. The zero-order chi connectivity index (χ0) is 17.3. The van der Waals surface area contributed by atoms with Crippen LogP contribution in [0.1, 0.15) is 50.1 Å². The third-order valence-electron chi connectivity index (χ3n) is 5.32. The number of amides is 1. The molecule has 3 atom stereocenters. The summed E-state index contributed by atoms with van der Waals surface area (Å²) in [6, 6.07) is 0.0596. The zero-order valence-electron chi connectivity index (χ0n) is 13.9. The highest BCUT2D eigenvalue weighted by atomic mass is 19.4. The number of carbonyl (C=O) groups excluding carboxylic acids is 1. The number of hydrogen-bond acceptors (Lipinski definition) is 2. The van der Waals surface area contributed by atoms with Crippen LogP contribution in [0.15, 0.2) is 12.4 Å². The van der Waals surface area contributed by atoms with Gasteiger partial charge in [-0.1, -0.05) is 12.8 Å². The van der Waals surface area contributed by atoms with Crippen molar-refractivity contribution in [3.8, 4) is 0 Å². The molecule has 2 aliphatic rings. The number of rotatable bonds is 2. The van der Waals surface area contributed by atoms with E-state index in [0.29, 0.717) is 32.4 Å². The first-order valence-electron chi connectivity index (χ1n) is 8.72. The second-order valence-electron chi connectivity index (χ2n) is 7.12. The summed E-state index contributed by atoms with van der Waals surface area (Å²) in [5.74, 6) is -2.70. The van der Waals surface area contributed by atoms with Crippen LogP contribution >= 0.6 is 0 Å². The van der Waals surface area contributed by atoms with Gasteiger partial charge < -0.3 is 4.90 Å². The molecule has 4 nitrogen and oxygen atoms in total. The fourth-order valence-electron chi connectivity index (χ4n) is 4.06. The van der Waals surface area contributed by atoms with Gasteiger partial charge in [-0.15, -0.1) is 0 Å². The molecule has 1 aromatic rings. The largest absolute Gasteiger partial charge is 0.392 e. The normalized spacial score (nSPS) is 28.8. The van der Waals surface area contributed by atoms with Crippen molar-refractivity contribution in [2.75, 3.05) is 13.1 Å². The fourth-order valence-corrected chi connectivity index (χ4v) is 4.06.